The van der Waals surface area contributed by atoms with Gasteiger partial charge in [-0.05, 0) is 51.0 Å². The van der Waals surface area contributed by atoms with E-state index in [2.05, 4.69) is 10.6 Å². The lowest BCUT2D eigenvalue weighted by Gasteiger charge is -2.43. The third-order valence-corrected chi connectivity index (χ3v) is 4.80. The molecule has 1 aromatic rings. The fourth-order valence-corrected chi connectivity index (χ4v) is 3.64. The van der Waals surface area contributed by atoms with E-state index in [1.165, 1.54) is 6.42 Å². The Labute approximate surface area is 148 Å². The molecule has 1 heterocycles. The number of carbonyl (C=O) groups is 2. The van der Waals surface area contributed by atoms with E-state index in [9.17, 15) is 9.59 Å². The summed E-state index contributed by atoms with van der Waals surface area (Å²) < 4.78 is 5.84. The van der Waals surface area contributed by atoms with Gasteiger partial charge in [0.1, 0.15) is 0 Å². The van der Waals surface area contributed by atoms with Crippen molar-refractivity contribution in [2.24, 2.45) is 0 Å². The van der Waals surface area contributed by atoms with Gasteiger partial charge >= 0.3 is 6.03 Å². The highest BCUT2D eigenvalue weighted by Crippen LogP contribution is 2.29. The summed E-state index contributed by atoms with van der Waals surface area (Å²) in [4.78, 5) is 26.6. The number of urea groups is 1. The highest BCUT2D eigenvalue weighted by Gasteiger charge is 2.36. The molecule has 3 rings (SSSR count). The van der Waals surface area contributed by atoms with Crippen LogP contribution in [0.3, 0.4) is 0 Å². The largest absolute Gasteiger partial charge is 0.374 e. The molecule has 6 heteroatoms. The van der Waals surface area contributed by atoms with Gasteiger partial charge < -0.3 is 20.3 Å². The summed E-state index contributed by atoms with van der Waals surface area (Å²) >= 11 is 0. The van der Waals surface area contributed by atoms with Crippen LogP contribution in [0, 0.1) is 0 Å². The zero-order valence-corrected chi connectivity index (χ0v) is 15.0. The first-order valence-electron chi connectivity index (χ1n) is 9.15. The van der Waals surface area contributed by atoms with Crippen LogP contribution in [0.15, 0.2) is 24.3 Å². The number of hydrogen-bond donors (Lipinski definition) is 2. The van der Waals surface area contributed by atoms with Crippen molar-refractivity contribution >= 4 is 17.6 Å². The number of anilines is 1. The number of carbonyl (C=O) groups excluding carboxylic acids is 2. The number of ether oxygens (including phenoxy) is 1. The van der Waals surface area contributed by atoms with Gasteiger partial charge in [0.15, 0.2) is 0 Å². The second-order valence-electron chi connectivity index (χ2n) is 7.09. The van der Waals surface area contributed by atoms with Gasteiger partial charge in [-0.3, -0.25) is 4.79 Å². The van der Waals surface area contributed by atoms with Crippen molar-refractivity contribution in [3.05, 3.63) is 29.8 Å². The van der Waals surface area contributed by atoms with Crippen molar-refractivity contribution in [3.8, 4) is 0 Å². The van der Waals surface area contributed by atoms with Crippen LogP contribution in [-0.4, -0.2) is 48.2 Å². The molecule has 25 heavy (non-hydrogen) atoms. The number of benzene rings is 1. The number of morpholine rings is 1. The van der Waals surface area contributed by atoms with E-state index in [-0.39, 0.29) is 30.1 Å². The molecule has 136 valence electrons. The van der Waals surface area contributed by atoms with Crippen molar-refractivity contribution in [2.45, 2.75) is 57.7 Å². The van der Waals surface area contributed by atoms with Crippen molar-refractivity contribution in [1.29, 1.82) is 0 Å². The second-order valence-corrected chi connectivity index (χ2v) is 7.09. The molecule has 0 spiro atoms. The summed E-state index contributed by atoms with van der Waals surface area (Å²) in [6, 6.07) is 7.13. The third-order valence-electron chi connectivity index (χ3n) is 4.80. The van der Waals surface area contributed by atoms with Crippen LogP contribution in [-0.2, 0) is 4.74 Å². The van der Waals surface area contributed by atoms with E-state index in [4.69, 9.17) is 4.74 Å². The van der Waals surface area contributed by atoms with Crippen LogP contribution >= 0.6 is 0 Å². The molecule has 0 bridgehead atoms. The first-order chi connectivity index (χ1) is 12.0. The van der Waals surface area contributed by atoms with Crippen molar-refractivity contribution in [3.63, 3.8) is 0 Å². The molecule has 1 aromatic carbocycles. The maximum atomic E-state index is 12.9. The van der Waals surface area contributed by atoms with Crippen LogP contribution in [0.2, 0.25) is 0 Å². The molecule has 2 aliphatic rings. The molecule has 6 nitrogen and oxygen atoms in total. The first-order valence-corrected chi connectivity index (χ1v) is 9.15. The summed E-state index contributed by atoms with van der Waals surface area (Å²) in [5.41, 5.74) is 1.33. The van der Waals surface area contributed by atoms with Crippen molar-refractivity contribution in [2.75, 3.05) is 18.5 Å². The summed E-state index contributed by atoms with van der Waals surface area (Å²) in [5.74, 6) is 0.0541. The SMILES string of the molecule is CC(C)NC(=O)Nc1ccc(C(=O)N2CCO[C@H]3CCCC[C@@H]32)cc1. The predicted molar refractivity (Wildman–Crippen MR) is 96.8 cm³/mol. The lowest BCUT2D eigenvalue weighted by Crippen LogP contribution is -2.54. The molecule has 1 aliphatic carbocycles. The minimum atomic E-state index is -0.243. The molecule has 2 N–H and O–H groups in total. The molecule has 1 saturated heterocycles. The molecule has 1 saturated carbocycles. The van der Waals surface area contributed by atoms with E-state index in [0.29, 0.717) is 24.4 Å². The fraction of sp³-hybridized carbons (Fsp3) is 0.579. The zero-order valence-electron chi connectivity index (χ0n) is 15.0. The van der Waals surface area contributed by atoms with Gasteiger partial charge in [0.2, 0.25) is 0 Å². The average Bonchev–Trinajstić information content (AvgIpc) is 2.60. The molecule has 3 amide bonds. The maximum Gasteiger partial charge on any atom is 0.319 e. The number of nitrogens with one attached hydrogen (secondary N) is 2. The van der Waals surface area contributed by atoms with Gasteiger partial charge in [0.05, 0.1) is 18.8 Å². The summed E-state index contributed by atoms with van der Waals surface area (Å²) in [5, 5.41) is 5.54. The number of hydrogen-bond acceptors (Lipinski definition) is 3. The molecule has 0 unspecified atom stereocenters. The molecule has 1 aliphatic heterocycles. The van der Waals surface area contributed by atoms with Crippen molar-refractivity contribution in [1.82, 2.24) is 10.2 Å². The fourth-order valence-electron chi connectivity index (χ4n) is 3.64. The number of fused-ring (bicyclic) bond motifs is 1. The molecule has 2 fully saturated rings. The van der Waals surface area contributed by atoms with E-state index in [1.54, 1.807) is 24.3 Å². The quantitative estimate of drug-likeness (QED) is 0.885. The van der Waals surface area contributed by atoms with Gasteiger partial charge in [-0.2, -0.15) is 0 Å². The van der Waals surface area contributed by atoms with Gasteiger partial charge in [-0.15, -0.1) is 0 Å². The van der Waals surface area contributed by atoms with Gasteiger partial charge in [-0.25, -0.2) is 4.79 Å². The Bertz CT molecular complexity index is 613. The molecule has 0 radical (unpaired) electrons. The minimum absolute atomic E-state index is 0.0541. The lowest BCUT2D eigenvalue weighted by molar-refractivity contribution is -0.0752. The average molecular weight is 345 g/mol. The van der Waals surface area contributed by atoms with Crippen LogP contribution in [0.1, 0.15) is 49.9 Å². The first kappa shape index (κ1) is 17.7. The number of nitrogens with zero attached hydrogens (tertiary/aromatic N) is 1. The van der Waals surface area contributed by atoms with Gasteiger partial charge in [-0.1, -0.05) is 12.8 Å². The number of amides is 3. The Morgan fingerprint density at radius 2 is 1.88 bits per heavy atom. The zero-order chi connectivity index (χ0) is 17.8. The third kappa shape index (κ3) is 4.31. The molecule has 2 atom stereocenters. The Morgan fingerprint density at radius 1 is 1.16 bits per heavy atom. The summed E-state index contributed by atoms with van der Waals surface area (Å²) in [6.45, 7) is 5.07. The Hall–Kier alpha value is -2.08. The highest BCUT2D eigenvalue weighted by molar-refractivity contribution is 5.96. The van der Waals surface area contributed by atoms with Crippen LogP contribution in [0.4, 0.5) is 10.5 Å². The van der Waals surface area contributed by atoms with E-state index in [1.807, 2.05) is 18.7 Å². The topological polar surface area (TPSA) is 70.7 Å². The second kappa shape index (κ2) is 7.87. The molecular formula is C19H27N3O3. The van der Waals surface area contributed by atoms with Crippen molar-refractivity contribution < 1.29 is 14.3 Å². The predicted octanol–water partition coefficient (Wildman–Crippen LogP) is 3.00. The summed E-state index contributed by atoms with van der Waals surface area (Å²) in [6.07, 6.45) is 4.59. The maximum absolute atomic E-state index is 12.9. The Balaban J connectivity index is 1.65. The molecular weight excluding hydrogens is 318 g/mol. The molecule has 0 aromatic heterocycles. The Morgan fingerprint density at radius 3 is 2.60 bits per heavy atom. The smallest absolute Gasteiger partial charge is 0.319 e. The van der Waals surface area contributed by atoms with Gasteiger partial charge in [0, 0.05) is 23.8 Å². The van der Waals surface area contributed by atoms with E-state index in [0.717, 1.165) is 19.3 Å². The Kier molecular flexibility index (Phi) is 5.58. The number of rotatable bonds is 3. The normalized spacial score (nSPS) is 23.1. The van der Waals surface area contributed by atoms with Crippen LogP contribution in [0.5, 0.6) is 0 Å². The van der Waals surface area contributed by atoms with E-state index < -0.39 is 0 Å². The highest BCUT2D eigenvalue weighted by atomic mass is 16.5. The van der Waals surface area contributed by atoms with Crippen LogP contribution in [0.25, 0.3) is 0 Å². The lowest BCUT2D eigenvalue weighted by atomic mass is 9.89. The monoisotopic (exact) mass is 345 g/mol. The van der Waals surface area contributed by atoms with E-state index >= 15 is 0 Å². The standard InChI is InChI=1S/C19H27N3O3/c1-13(2)20-19(24)21-15-9-7-14(8-10-15)18(23)22-11-12-25-17-6-4-3-5-16(17)22/h7-10,13,16-17H,3-6,11-12H2,1-2H3,(H2,20,21,24)/t16-,17-/m0/s1. The van der Waals surface area contributed by atoms with Gasteiger partial charge in [0.25, 0.3) is 5.91 Å². The summed E-state index contributed by atoms with van der Waals surface area (Å²) in [7, 11) is 0. The van der Waals surface area contributed by atoms with Crippen LogP contribution < -0.4 is 10.6 Å². The minimum Gasteiger partial charge on any atom is -0.374 e.